The van der Waals surface area contributed by atoms with Crippen molar-refractivity contribution in [3.8, 4) is 11.3 Å². The van der Waals surface area contributed by atoms with E-state index in [9.17, 15) is 8.42 Å². The molecule has 0 atom stereocenters. The molecule has 8 heteroatoms. The summed E-state index contributed by atoms with van der Waals surface area (Å²) in [6, 6.07) is 14.6. The molecule has 0 unspecified atom stereocenters. The predicted octanol–water partition coefficient (Wildman–Crippen LogP) is 4.63. The highest BCUT2D eigenvalue weighted by Crippen LogP contribution is 2.33. The first-order valence-electron chi connectivity index (χ1n) is 9.65. The van der Waals surface area contributed by atoms with Gasteiger partial charge in [0.2, 0.25) is 0 Å². The van der Waals surface area contributed by atoms with Crippen LogP contribution in [-0.2, 0) is 9.84 Å². The lowest BCUT2D eigenvalue weighted by molar-refractivity contribution is 0.602. The number of H-pyrrole nitrogens is 1. The molecule has 0 aliphatic rings. The molecule has 3 aromatic heterocycles. The molecule has 2 N–H and O–H groups in total. The number of fused-ring (bicyclic) bond motifs is 2. The first-order valence-corrected chi connectivity index (χ1v) is 11.5. The van der Waals surface area contributed by atoms with Gasteiger partial charge in [0.15, 0.2) is 9.84 Å². The zero-order chi connectivity index (χ0) is 21.6. The fourth-order valence-corrected chi connectivity index (χ4v) is 4.33. The number of aromatic nitrogens is 4. The zero-order valence-corrected chi connectivity index (χ0v) is 17.7. The van der Waals surface area contributed by atoms with Gasteiger partial charge in [0.05, 0.1) is 22.3 Å². The van der Waals surface area contributed by atoms with Crippen molar-refractivity contribution < 1.29 is 8.42 Å². The number of hydrogen-bond donors (Lipinski definition) is 2. The van der Waals surface area contributed by atoms with Crippen molar-refractivity contribution in [2.75, 3.05) is 11.6 Å². The minimum absolute atomic E-state index is 0.279. The van der Waals surface area contributed by atoms with Crippen LogP contribution in [0.15, 0.2) is 72.0 Å². The maximum Gasteiger partial charge on any atom is 0.175 e. The number of anilines is 2. The van der Waals surface area contributed by atoms with E-state index in [4.69, 9.17) is 0 Å². The lowest BCUT2D eigenvalue weighted by atomic mass is 9.98. The number of benzene rings is 2. The molecule has 2 aromatic carbocycles. The molecule has 0 amide bonds. The topological polar surface area (TPSA) is 101 Å². The molecule has 0 bridgehead atoms. The van der Waals surface area contributed by atoms with Gasteiger partial charge in [-0.2, -0.15) is 5.10 Å². The van der Waals surface area contributed by atoms with Crippen LogP contribution in [0, 0.1) is 6.92 Å². The van der Waals surface area contributed by atoms with E-state index in [-0.39, 0.29) is 4.90 Å². The van der Waals surface area contributed by atoms with Gasteiger partial charge in [-0.25, -0.2) is 13.4 Å². The summed E-state index contributed by atoms with van der Waals surface area (Å²) in [6.07, 6.45) is 6.61. The van der Waals surface area contributed by atoms with Gasteiger partial charge in [-0.05, 0) is 55.0 Å². The van der Waals surface area contributed by atoms with Gasteiger partial charge in [0, 0.05) is 46.1 Å². The Hall–Kier alpha value is -3.78. The van der Waals surface area contributed by atoms with Gasteiger partial charge in [-0.15, -0.1) is 0 Å². The quantitative estimate of drug-likeness (QED) is 0.432. The molecule has 3 heterocycles. The number of aryl methyl sites for hydroxylation is 1. The zero-order valence-electron chi connectivity index (χ0n) is 16.9. The average molecular weight is 430 g/mol. The molecular formula is C23H19N5O2S. The molecular weight excluding hydrogens is 410 g/mol. The van der Waals surface area contributed by atoms with Crippen molar-refractivity contribution in [3.05, 3.63) is 72.7 Å². The second-order valence-electron chi connectivity index (χ2n) is 7.44. The number of rotatable bonds is 4. The van der Waals surface area contributed by atoms with E-state index in [1.54, 1.807) is 36.7 Å². The predicted molar refractivity (Wildman–Crippen MR) is 122 cm³/mol. The molecule has 0 radical (unpaired) electrons. The molecule has 31 heavy (non-hydrogen) atoms. The van der Waals surface area contributed by atoms with Crippen molar-refractivity contribution in [2.24, 2.45) is 0 Å². The highest BCUT2D eigenvalue weighted by molar-refractivity contribution is 7.90. The SMILES string of the molecule is Cc1c(-c2nccc3cnc(Nc4ccc(S(C)(=O)=O)cc4)cc23)ccc2[nH]ncc12. The highest BCUT2D eigenvalue weighted by Gasteiger charge is 2.13. The van der Waals surface area contributed by atoms with Gasteiger partial charge < -0.3 is 5.32 Å². The fraction of sp³-hybridized carbons (Fsp3) is 0.0870. The molecule has 0 aliphatic carbocycles. The summed E-state index contributed by atoms with van der Waals surface area (Å²) in [5.74, 6) is 0.649. The summed E-state index contributed by atoms with van der Waals surface area (Å²) in [7, 11) is -3.23. The summed E-state index contributed by atoms with van der Waals surface area (Å²) < 4.78 is 23.3. The molecule has 7 nitrogen and oxygen atoms in total. The van der Waals surface area contributed by atoms with E-state index in [2.05, 4.69) is 38.5 Å². The van der Waals surface area contributed by atoms with E-state index in [0.29, 0.717) is 5.82 Å². The first-order chi connectivity index (χ1) is 14.9. The van der Waals surface area contributed by atoms with Crippen molar-refractivity contribution in [3.63, 3.8) is 0 Å². The third-order valence-electron chi connectivity index (χ3n) is 5.35. The minimum Gasteiger partial charge on any atom is -0.340 e. The van der Waals surface area contributed by atoms with Crippen molar-refractivity contribution >= 4 is 43.0 Å². The molecule has 0 fully saturated rings. The van der Waals surface area contributed by atoms with Gasteiger partial charge in [0.25, 0.3) is 0 Å². The number of pyridine rings is 2. The summed E-state index contributed by atoms with van der Waals surface area (Å²) in [5, 5.41) is 13.4. The monoisotopic (exact) mass is 429 g/mol. The standard InChI is InChI=1S/C23H19N5O2S/c1-14-18(7-8-21-20(14)13-26-28-21)23-19-11-22(25-12-15(19)9-10-24-23)27-16-3-5-17(6-4-16)31(2,29)30/h3-13H,1-2H3,(H,25,27)(H,26,28). The van der Waals surface area contributed by atoms with Crippen molar-refractivity contribution in [2.45, 2.75) is 11.8 Å². The number of nitrogens with zero attached hydrogens (tertiary/aromatic N) is 3. The second-order valence-corrected chi connectivity index (χ2v) is 9.46. The Bertz CT molecular complexity index is 1540. The first kappa shape index (κ1) is 19.2. The Morgan fingerprint density at radius 1 is 0.935 bits per heavy atom. The third-order valence-corrected chi connectivity index (χ3v) is 6.48. The Morgan fingerprint density at radius 2 is 1.74 bits per heavy atom. The summed E-state index contributed by atoms with van der Waals surface area (Å²) >= 11 is 0. The smallest absolute Gasteiger partial charge is 0.175 e. The fourth-order valence-electron chi connectivity index (χ4n) is 3.70. The van der Waals surface area contributed by atoms with E-state index in [1.165, 1.54) is 6.26 Å². The van der Waals surface area contributed by atoms with Crippen LogP contribution in [0.25, 0.3) is 32.9 Å². The third kappa shape index (κ3) is 3.51. The molecule has 0 saturated heterocycles. The minimum atomic E-state index is -3.23. The van der Waals surface area contributed by atoms with Crippen LogP contribution in [0.2, 0.25) is 0 Å². The van der Waals surface area contributed by atoms with E-state index in [0.717, 1.165) is 44.2 Å². The van der Waals surface area contributed by atoms with Crippen LogP contribution in [0.1, 0.15) is 5.56 Å². The van der Waals surface area contributed by atoms with Gasteiger partial charge in [0.1, 0.15) is 5.82 Å². The van der Waals surface area contributed by atoms with Gasteiger partial charge in [-0.1, -0.05) is 6.07 Å². The van der Waals surface area contributed by atoms with Gasteiger partial charge >= 0.3 is 0 Å². The lowest BCUT2D eigenvalue weighted by Gasteiger charge is -2.12. The summed E-state index contributed by atoms with van der Waals surface area (Å²) in [6.45, 7) is 2.07. The van der Waals surface area contributed by atoms with Crippen LogP contribution in [0.5, 0.6) is 0 Å². The Kier molecular flexibility index (Phi) is 4.44. The lowest BCUT2D eigenvalue weighted by Crippen LogP contribution is -1.98. The molecule has 0 aliphatic heterocycles. The van der Waals surface area contributed by atoms with E-state index >= 15 is 0 Å². The van der Waals surface area contributed by atoms with Crippen LogP contribution >= 0.6 is 0 Å². The maximum atomic E-state index is 11.7. The summed E-state index contributed by atoms with van der Waals surface area (Å²) in [4.78, 5) is 9.44. The van der Waals surface area contributed by atoms with Crippen molar-refractivity contribution in [1.29, 1.82) is 0 Å². The second kappa shape index (κ2) is 7.17. The van der Waals surface area contributed by atoms with E-state index in [1.807, 2.05) is 24.4 Å². The summed E-state index contributed by atoms with van der Waals surface area (Å²) in [5.41, 5.74) is 4.75. The van der Waals surface area contributed by atoms with Crippen LogP contribution in [-0.4, -0.2) is 34.8 Å². The van der Waals surface area contributed by atoms with Gasteiger partial charge in [-0.3, -0.25) is 10.1 Å². The van der Waals surface area contributed by atoms with E-state index < -0.39 is 9.84 Å². The Balaban J connectivity index is 1.57. The maximum absolute atomic E-state index is 11.7. The molecule has 154 valence electrons. The Morgan fingerprint density at radius 3 is 2.52 bits per heavy atom. The van der Waals surface area contributed by atoms with Crippen LogP contribution < -0.4 is 5.32 Å². The number of sulfone groups is 1. The molecule has 0 saturated carbocycles. The van der Waals surface area contributed by atoms with Crippen LogP contribution in [0.4, 0.5) is 11.5 Å². The van der Waals surface area contributed by atoms with Crippen molar-refractivity contribution in [1.82, 2.24) is 20.2 Å². The average Bonchev–Trinajstić information content (AvgIpc) is 3.23. The Labute approximate surface area is 179 Å². The largest absolute Gasteiger partial charge is 0.340 e. The number of nitrogens with one attached hydrogen (secondary N) is 2. The molecule has 0 spiro atoms. The van der Waals surface area contributed by atoms with Crippen LogP contribution in [0.3, 0.4) is 0 Å². The molecule has 5 aromatic rings. The molecule has 5 rings (SSSR count). The normalized spacial score (nSPS) is 11.8. The number of aromatic amines is 1. The highest BCUT2D eigenvalue weighted by atomic mass is 32.2. The number of hydrogen-bond acceptors (Lipinski definition) is 6.